The van der Waals surface area contributed by atoms with E-state index in [0.717, 1.165) is 37.5 Å². The smallest absolute Gasteiger partial charge is 0.409 e. The summed E-state index contributed by atoms with van der Waals surface area (Å²) in [6.45, 7) is 10.1. The number of amides is 1. The molecular formula is C26H37F2N5O3. The Hall–Kier alpha value is -3.01. The summed E-state index contributed by atoms with van der Waals surface area (Å²) in [5.41, 5.74) is 6.21. The van der Waals surface area contributed by atoms with Crippen molar-refractivity contribution in [1.29, 1.82) is 0 Å². The molecule has 2 aliphatic rings. The lowest BCUT2D eigenvalue weighted by atomic mass is 9.92. The molecule has 1 aromatic rings. The second-order valence-electron chi connectivity index (χ2n) is 9.38. The number of carbonyl (C=O) groups is 1. The van der Waals surface area contributed by atoms with Crippen LogP contribution in [0.25, 0.3) is 0 Å². The van der Waals surface area contributed by atoms with Crippen molar-refractivity contribution >= 4 is 12.0 Å². The lowest BCUT2D eigenvalue weighted by Crippen LogP contribution is -2.42. The quantitative estimate of drug-likeness (QED) is 0.466. The molecule has 3 rings (SSSR count). The fraction of sp³-hybridized carbons (Fsp3) is 0.577. The molecule has 0 unspecified atom stereocenters. The lowest BCUT2D eigenvalue weighted by molar-refractivity contribution is 0.0636. The second-order valence-corrected chi connectivity index (χ2v) is 9.38. The molecule has 198 valence electrons. The maximum absolute atomic E-state index is 14.2. The van der Waals surface area contributed by atoms with Gasteiger partial charge in [-0.1, -0.05) is 13.5 Å². The molecule has 36 heavy (non-hydrogen) atoms. The van der Waals surface area contributed by atoms with Gasteiger partial charge in [-0.15, -0.1) is 0 Å². The predicted molar refractivity (Wildman–Crippen MR) is 135 cm³/mol. The van der Waals surface area contributed by atoms with Crippen LogP contribution in [0, 0.1) is 11.8 Å². The van der Waals surface area contributed by atoms with Crippen LogP contribution in [0.4, 0.5) is 19.5 Å². The van der Waals surface area contributed by atoms with Crippen LogP contribution in [-0.2, 0) is 4.74 Å². The number of allylic oxidation sites excluding steroid dienone is 5. The van der Waals surface area contributed by atoms with Crippen LogP contribution < -0.4 is 15.4 Å². The molecule has 3 atom stereocenters. The molecule has 10 heteroatoms. The Morgan fingerprint density at radius 3 is 2.58 bits per heavy atom. The third-order valence-electron chi connectivity index (χ3n) is 6.68. The number of ether oxygens (including phenoxy) is 2. The predicted octanol–water partition coefficient (Wildman–Crippen LogP) is 4.55. The average Bonchev–Trinajstić information content (AvgIpc) is 3.25. The zero-order valence-corrected chi connectivity index (χ0v) is 21.1. The normalized spacial score (nSPS) is 22.5. The van der Waals surface area contributed by atoms with Gasteiger partial charge in [0.15, 0.2) is 5.75 Å². The molecule has 2 N–H and O–H groups in total. The maximum atomic E-state index is 14.2. The van der Waals surface area contributed by atoms with Gasteiger partial charge < -0.3 is 25.0 Å². The van der Waals surface area contributed by atoms with Crippen molar-refractivity contribution < 1.29 is 23.0 Å². The highest BCUT2D eigenvalue weighted by molar-refractivity contribution is 5.67. The third-order valence-corrected chi connectivity index (χ3v) is 6.68. The molecule has 0 radical (unpaired) electrons. The molecule has 1 amide bonds. The van der Waals surface area contributed by atoms with E-state index in [4.69, 9.17) is 15.2 Å². The molecule has 0 aromatic carbocycles. The number of rotatable bonds is 10. The van der Waals surface area contributed by atoms with Gasteiger partial charge in [-0.2, -0.15) is 0 Å². The first kappa shape index (κ1) is 27.6. The van der Waals surface area contributed by atoms with Gasteiger partial charge in [-0.25, -0.2) is 23.5 Å². The Morgan fingerprint density at radius 2 is 1.94 bits per heavy atom. The lowest BCUT2D eigenvalue weighted by Gasteiger charge is -2.34. The monoisotopic (exact) mass is 505 g/mol. The third kappa shape index (κ3) is 7.74. The standard InChI is InChI=1S/C26H37F2N5O3/c1-4-12-35-26(34)32-10-8-19(9-11-32)18(3)36-23-14-30-25(31-15-23)33-16-20(24(29)17-33)13-22(28)7-6-21(27)5-2/h5-7,14-15,18-20,24H,2,4,8-13,16-17,29H2,1,3H3/b21-6+,22-7+/t18-,20-,24-/m0/s1. The zero-order chi connectivity index (χ0) is 26.1. The Morgan fingerprint density at radius 1 is 1.25 bits per heavy atom. The summed E-state index contributed by atoms with van der Waals surface area (Å²) < 4.78 is 38.6. The molecular weight excluding hydrogens is 468 g/mol. The van der Waals surface area contributed by atoms with Crippen molar-refractivity contribution in [2.75, 3.05) is 37.7 Å². The molecule has 3 heterocycles. The van der Waals surface area contributed by atoms with E-state index >= 15 is 0 Å². The van der Waals surface area contributed by atoms with Gasteiger partial charge in [0.2, 0.25) is 5.95 Å². The number of carbonyl (C=O) groups excluding carboxylic acids is 1. The van der Waals surface area contributed by atoms with E-state index in [2.05, 4.69) is 16.5 Å². The number of nitrogens with two attached hydrogens (primary N) is 1. The van der Waals surface area contributed by atoms with Gasteiger partial charge in [0.05, 0.1) is 25.1 Å². The van der Waals surface area contributed by atoms with Crippen LogP contribution in [0.1, 0.15) is 39.5 Å². The van der Waals surface area contributed by atoms with Crippen LogP contribution in [-0.4, -0.2) is 65.9 Å². The van der Waals surface area contributed by atoms with Crippen molar-refractivity contribution in [2.45, 2.75) is 51.7 Å². The number of aromatic nitrogens is 2. The highest BCUT2D eigenvalue weighted by Gasteiger charge is 2.32. The first-order valence-corrected chi connectivity index (χ1v) is 12.6. The first-order valence-electron chi connectivity index (χ1n) is 12.6. The number of likely N-dealkylation sites (tertiary alicyclic amines) is 1. The Labute approximate surface area is 211 Å². The number of halogens is 2. The summed E-state index contributed by atoms with van der Waals surface area (Å²) in [5, 5.41) is 0. The van der Waals surface area contributed by atoms with E-state index in [1.165, 1.54) is 0 Å². The topological polar surface area (TPSA) is 93.8 Å². The van der Waals surface area contributed by atoms with Gasteiger partial charge in [0.25, 0.3) is 0 Å². The number of piperidine rings is 1. The number of hydrogen-bond acceptors (Lipinski definition) is 7. The second kappa shape index (κ2) is 13.3. The highest BCUT2D eigenvalue weighted by Crippen LogP contribution is 2.28. The van der Waals surface area contributed by atoms with Crippen LogP contribution in [0.5, 0.6) is 5.75 Å². The molecule has 1 aromatic heterocycles. The van der Waals surface area contributed by atoms with Crippen molar-refractivity contribution in [3.05, 3.63) is 48.9 Å². The summed E-state index contributed by atoms with van der Waals surface area (Å²) in [5.74, 6) is 0.234. The Bertz CT molecular complexity index is 932. The summed E-state index contributed by atoms with van der Waals surface area (Å²) >= 11 is 0. The van der Waals surface area contributed by atoms with Gasteiger partial charge >= 0.3 is 6.09 Å². The van der Waals surface area contributed by atoms with Gasteiger partial charge in [-0.3, -0.25) is 0 Å². The van der Waals surface area contributed by atoms with Crippen LogP contribution in [0.2, 0.25) is 0 Å². The highest BCUT2D eigenvalue weighted by atomic mass is 19.1. The van der Waals surface area contributed by atoms with Crippen LogP contribution in [0.15, 0.2) is 48.9 Å². The maximum Gasteiger partial charge on any atom is 0.409 e. The summed E-state index contributed by atoms with van der Waals surface area (Å²) in [4.78, 5) is 24.6. The Balaban J connectivity index is 1.48. The van der Waals surface area contributed by atoms with E-state index in [9.17, 15) is 13.6 Å². The minimum absolute atomic E-state index is 0.0485. The molecule has 2 fully saturated rings. The molecule has 0 saturated carbocycles. The fourth-order valence-corrected chi connectivity index (χ4v) is 4.51. The zero-order valence-electron chi connectivity index (χ0n) is 21.1. The van der Waals surface area contributed by atoms with Gasteiger partial charge in [-0.05, 0) is 56.3 Å². The first-order chi connectivity index (χ1) is 17.3. The Kier molecular flexibility index (Phi) is 10.2. The van der Waals surface area contributed by atoms with Crippen molar-refractivity contribution in [1.82, 2.24) is 14.9 Å². The number of anilines is 1. The summed E-state index contributed by atoms with van der Waals surface area (Å²) in [6.07, 6.45) is 8.78. The van der Waals surface area contributed by atoms with Crippen molar-refractivity contribution in [3.8, 4) is 5.75 Å². The van der Waals surface area contributed by atoms with E-state index in [1.54, 1.807) is 17.3 Å². The van der Waals surface area contributed by atoms with Gasteiger partial charge in [0, 0.05) is 38.6 Å². The van der Waals surface area contributed by atoms with E-state index in [0.29, 0.717) is 50.4 Å². The molecule has 0 aliphatic carbocycles. The van der Waals surface area contributed by atoms with Crippen molar-refractivity contribution in [2.24, 2.45) is 17.6 Å². The van der Waals surface area contributed by atoms with E-state index in [-0.39, 0.29) is 30.6 Å². The van der Waals surface area contributed by atoms with E-state index < -0.39 is 11.7 Å². The van der Waals surface area contributed by atoms with Crippen LogP contribution in [0.3, 0.4) is 0 Å². The molecule has 8 nitrogen and oxygen atoms in total. The molecule has 2 saturated heterocycles. The minimum Gasteiger partial charge on any atom is -0.487 e. The van der Waals surface area contributed by atoms with Crippen LogP contribution >= 0.6 is 0 Å². The summed E-state index contributed by atoms with van der Waals surface area (Å²) in [7, 11) is 0. The van der Waals surface area contributed by atoms with Crippen molar-refractivity contribution in [3.63, 3.8) is 0 Å². The largest absolute Gasteiger partial charge is 0.487 e. The average molecular weight is 506 g/mol. The number of nitrogens with zero attached hydrogens (tertiary/aromatic N) is 4. The minimum atomic E-state index is -0.593. The van der Waals surface area contributed by atoms with E-state index in [1.807, 2.05) is 18.7 Å². The fourth-order valence-electron chi connectivity index (χ4n) is 4.51. The molecule has 2 aliphatic heterocycles. The van der Waals surface area contributed by atoms with Gasteiger partial charge in [0.1, 0.15) is 11.7 Å². The summed E-state index contributed by atoms with van der Waals surface area (Å²) in [6, 6.07) is -0.248. The SMILES string of the molecule is C=C/C(F)=C\C=C(\F)C[C@H]1CN(c2ncc(O[C@@H](C)C3CCN(C(=O)OCCC)CC3)cn2)C[C@@H]1N. The molecule has 0 spiro atoms. The molecule has 0 bridgehead atoms. The number of hydrogen-bond donors (Lipinski definition) is 1.